The van der Waals surface area contributed by atoms with Crippen molar-refractivity contribution in [3.05, 3.63) is 29.8 Å². The van der Waals surface area contributed by atoms with Gasteiger partial charge in [-0.1, -0.05) is 32.9 Å². The Morgan fingerprint density at radius 3 is 2.42 bits per heavy atom. The summed E-state index contributed by atoms with van der Waals surface area (Å²) in [6.07, 6.45) is 2.41. The third kappa shape index (κ3) is 6.62. The number of benzene rings is 1. The first kappa shape index (κ1) is 25.0. The minimum Gasteiger partial charge on any atom is -0.497 e. The SMILES string of the molecule is COc1cccc(C(CNC(=O)[C@@H](N)C(C)(C)C)N2CCCC2)c1.Cl.Cl. The van der Waals surface area contributed by atoms with E-state index in [9.17, 15) is 4.79 Å². The summed E-state index contributed by atoms with van der Waals surface area (Å²) < 4.78 is 5.35. The second-order valence-corrected chi connectivity index (χ2v) is 7.62. The molecule has 1 aliphatic heterocycles. The molecule has 1 aromatic rings. The maximum Gasteiger partial charge on any atom is 0.237 e. The molecule has 0 saturated carbocycles. The van der Waals surface area contributed by atoms with Crippen LogP contribution in [-0.4, -0.2) is 43.6 Å². The highest BCUT2D eigenvalue weighted by molar-refractivity contribution is 5.85. The van der Waals surface area contributed by atoms with Crippen LogP contribution in [0.1, 0.15) is 45.2 Å². The fourth-order valence-corrected chi connectivity index (χ4v) is 3.06. The molecule has 1 fully saturated rings. The van der Waals surface area contributed by atoms with Gasteiger partial charge in [-0.25, -0.2) is 0 Å². The zero-order valence-corrected chi connectivity index (χ0v) is 17.8. The molecule has 0 radical (unpaired) electrons. The monoisotopic (exact) mass is 405 g/mol. The van der Waals surface area contributed by atoms with Crippen LogP contribution in [0.25, 0.3) is 0 Å². The van der Waals surface area contributed by atoms with Crippen molar-refractivity contribution in [2.75, 3.05) is 26.7 Å². The third-order valence-corrected chi connectivity index (χ3v) is 4.75. The second kappa shape index (κ2) is 11.0. The first-order valence-corrected chi connectivity index (χ1v) is 8.74. The number of ether oxygens (including phenoxy) is 1. The Kier molecular flexibility index (Phi) is 10.5. The quantitative estimate of drug-likeness (QED) is 0.762. The van der Waals surface area contributed by atoms with Crippen LogP contribution in [0.15, 0.2) is 24.3 Å². The van der Waals surface area contributed by atoms with Crippen molar-refractivity contribution >= 4 is 30.7 Å². The van der Waals surface area contributed by atoms with E-state index in [0.29, 0.717) is 6.54 Å². The highest BCUT2D eigenvalue weighted by atomic mass is 35.5. The topological polar surface area (TPSA) is 67.6 Å². The minimum atomic E-state index is -0.512. The van der Waals surface area contributed by atoms with Gasteiger partial charge in [0.15, 0.2) is 0 Å². The van der Waals surface area contributed by atoms with Gasteiger partial charge in [0.1, 0.15) is 5.75 Å². The molecule has 0 bridgehead atoms. The molecule has 0 aromatic heterocycles. The van der Waals surface area contributed by atoms with Gasteiger partial charge in [-0.05, 0) is 49.0 Å². The lowest BCUT2D eigenvalue weighted by Gasteiger charge is -2.30. The van der Waals surface area contributed by atoms with Crippen molar-refractivity contribution in [3.63, 3.8) is 0 Å². The fraction of sp³-hybridized carbons (Fsp3) is 0.632. The predicted octanol–water partition coefficient (Wildman–Crippen LogP) is 3.17. The molecule has 7 heteroatoms. The molecule has 0 aliphatic carbocycles. The Labute approximate surface area is 169 Å². The van der Waals surface area contributed by atoms with Gasteiger partial charge in [-0.15, -0.1) is 24.8 Å². The van der Waals surface area contributed by atoms with E-state index in [1.807, 2.05) is 32.9 Å². The summed E-state index contributed by atoms with van der Waals surface area (Å²) in [5.74, 6) is 0.754. The molecular weight excluding hydrogens is 373 g/mol. The maximum atomic E-state index is 12.4. The highest BCUT2D eigenvalue weighted by Gasteiger charge is 2.29. The van der Waals surface area contributed by atoms with Crippen molar-refractivity contribution in [1.82, 2.24) is 10.2 Å². The van der Waals surface area contributed by atoms with E-state index in [1.165, 1.54) is 18.4 Å². The largest absolute Gasteiger partial charge is 0.497 e. The summed E-state index contributed by atoms with van der Waals surface area (Å²) >= 11 is 0. The number of nitrogens with two attached hydrogens (primary N) is 1. The Morgan fingerprint density at radius 1 is 1.27 bits per heavy atom. The van der Waals surface area contributed by atoms with Crippen LogP contribution in [0.3, 0.4) is 0 Å². The van der Waals surface area contributed by atoms with E-state index in [-0.39, 0.29) is 42.2 Å². The Morgan fingerprint density at radius 2 is 1.88 bits per heavy atom. The van der Waals surface area contributed by atoms with E-state index < -0.39 is 6.04 Å². The van der Waals surface area contributed by atoms with Gasteiger partial charge in [-0.2, -0.15) is 0 Å². The lowest BCUT2D eigenvalue weighted by molar-refractivity contribution is -0.124. The van der Waals surface area contributed by atoms with Crippen LogP contribution >= 0.6 is 24.8 Å². The number of nitrogens with one attached hydrogen (secondary N) is 1. The first-order chi connectivity index (χ1) is 11.3. The predicted molar refractivity (Wildman–Crippen MR) is 111 cm³/mol. The molecule has 2 rings (SSSR count). The number of nitrogens with zero attached hydrogens (tertiary/aromatic N) is 1. The van der Waals surface area contributed by atoms with Crippen LogP contribution in [0.2, 0.25) is 0 Å². The number of carbonyl (C=O) groups is 1. The summed E-state index contributed by atoms with van der Waals surface area (Å²) in [6.45, 7) is 8.63. The zero-order valence-electron chi connectivity index (χ0n) is 16.2. The molecule has 2 atom stereocenters. The van der Waals surface area contributed by atoms with E-state index in [1.54, 1.807) is 7.11 Å². The maximum absolute atomic E-state index is 12.4. The molecule has 1 heterocycles. The van der Waals surface area contributed by atoms with Gasteiger partial charge in [0, 0.05) is 6.54 Å². The summed E-state index contributed by atoms with van der Waals surface area (Å²) in [4.78, 5) is 14.8. The number of hydrogen-bond donors (Lipinski definition) is 2. The summed E-state index contributed by atoms with van der Waals surface area (Å²) in [5, 5.41) is 3.06. The third-order valence-electron chi connectivity index (χ3n) is 4.75. The molecule has 1 aromatic carbocycles. The number of amides is 1. The van der Waals surface area contributed by atoms with Gasteiger partial charge >= 0.3 is 0 Å². The molecule has 1 unspecified atom stereocenters. The zero-order chi connectivity index (χ0) is 17.7. The number of hydrogen-bond acceptors (Lipinski definition) is 4. The van der Waals surface area contributed by atoms with E-state index in [4.69, 9.17) is 10.5 Å². The van der Waals surface area contributed by atoms with Gasteiger partial charge in [-0.3, -0.25) is 9.69 Å². The number of methoxy groups -OCH3 is 1. The van der Waals surface area contributed by atoms with Crippen molar-refractivity contribution in [2.24, 2.45) is 11.1 Å². The molecule has 5 nitrogen and oxygen atoms in total. The van der Waals surface area contributed by atoms with Crippen molar-refractivity contribution in [2.45, 2.75) is 45.7 Å². The number of rotatable bonds is 6. The molecular formula is C19H33Cl2N3O2. The van der Waals surface area contributed by atoms with E-state index in [0.717, 1.165) is 18.8 Å². The molecule has 150 valence electrons. The van der Waals surface area contributed by atoms with Gasteiger partial charge in [0.25, 0.3) is 0 Å². The fourth-order valence-electron chi connectivity index (χ4n) is 3.06. The average molecular weight is 406 g/mol. The molecule has 1 saturated heterocycles. The molecule has 1 amide bonds. The van der Waals surface area contributed by atoms with Gasteiger partial charge in [0.2, 0.25) is 5.91 Å². The Balaban J connectivity index is 0.00000312. The van der Waals surface area contributed by atoms with Crippen molar-refractivity contribution in [3.8, 4) is 5.75 Å². The van der Waals surface area contributed by atoms with Crippen molar-refractivity contribution in [1.29, 1.82) is 0 Å². The van der Waals surface area contributed by atoms with Crippen LogP contribution in [0.4, 0.5) is 0 Å². The second-order valence-electron chi connectivity index (χ2n) is 7.62. The van der Waals surface area contributed by atoms with Crippen molar-refractivity contribution < 1.29 is 9.53 Å². The summed E-state index contributed by atoms with van der Waals surface area (Å²) in [6, 6.07) is 7.74. The highest BCUT2D eigenvalue weighted by Crippen LogP contribution is 2.27. The Hall–Kier alpha value is -1.01. The summed E-state index contributed by atoms with van der Waals surface area (Å²) in [7, 11) is 1.67. The molecule has 3 N–H and O–H groups in total. The van der Waals surface area contributed by atoms with E-state index in [2.05, 4.69) is 22.3 Å². The smallest absolute Gasteiger partial charge is 0.237 e. The number of carbonyl (C=O) groups excluding carboxylic acids is 1. The molecule has 1 aliphatic rings. The minimum absolute atomic E-state index is 0. The van der Waals surface area contributed by atoms with Crippen LogP contribution in [0.5, 0.6) is 5.75 Å². The lowest BCUT2D eigenvalue weighted by Crippen LogP contribution is -2.50. The van der Waals surface area contributed by atoms with Gasteiger partial charge < -0.3 is 15.8 Å². The standard InChI is InChI=1S/C19H31N3O2.2ClH/c1-19(2,3)17(20)18(23)21-13-16(22-10-5-6-11-22)14-8-7-9-15(12-14)24-4;;/h7-9,12,16-17H,5-6,10-11,13,20H2,1-4H3,(H,21,23);2*1H/t16?,17-;;/m1../s1. The van der Waals surface area contributed by atoms with Crippen LogP contribution in [0, 0.1) is 5.41 Å². The first-order valence-electron chi connectivity index (χ1n) is 8.74. The van der Waals surface area contributed by atoms with Gasteiger partial charge in [0.05, 0.1) is 19.2 Å². The summed E-state index contributed by atoms with van der Waals surface area (Å²) in [5.41, 5.74) is 6.99. The normalized spacial score (nSPS) is 16.8. The molecule has 0 spiro atoms. The van der Waals surface area contributed by atoms with Crippen LogP contribution < -0.4 is 15.8 Å². The number of halogens is 2. The van der Waals surface area contributed by atoms with E-state index >= 15 is 0 Å². The van der Waals surface area contributed by atoms with Crippen LogP contribution in [-0.2, 0) is 4.79 Å². The number of likely N-dealkylation sites (tertiary alicyclic amines) is 1. The average Bonchev–Trinajstić information content (AvgIpc) is 3.07. The molecule has 26 heavy (non-hydrogen) atoms. The Bertz CT molecular complexity index is 558. The lowest BCUT2D eigenvalue weighted by atomic mass is 9.87.